The fourth-order valence-electron chi connectivity index (χ4n) is 3.00. The van der Waals surface area contributed by atoms with E-state index >= 15 is 0 Å². The van der Waals surface area contributed by atoms with Crippen LogP contribution >= 0.6 is 0 Å². The molecule has 0 radical (unpaired) electrons. The molecule has 0 saturated carbocycles. The summed E-state index contributed by atoms with van der Waals surface area (Å²) in [6.07, 6.45) is -1.71. The van der Waals surface area contributed by atoms with Crippen LogP contribution in [0, 0.1) is 5.92 Å². The molecule has 0 bridgehead atoms. The quantitative estimate of drug-likeness (QED) is 0.743. The van der Waals surface area contributed by atoms with E-state index in [1.807, 2.05) is 0 Å². The van der Waals surface area contributed by atoms with E-state index in [1.54, 1.807) is 13.8 Å². The molecular weight excluding hydrogens is 371 g/mol. The zero-order valence-electron chi connectivity index (χ0n) is 15.1. The molecule has 1 saturated heterocycles. The van der Waals surface area contributed by atoms with Gasteiger partial charge in [0.2, 0.25) is 10.0 Å². The second kappa shape index (κ2) is 7.59. The third-order valence-electron chi connectivity index (χ3n) is 4.14. The van der Waals surface area contributed by atoms with E-state index < -0.39 is 28.7 Å². The second-order valence-corrected chi connectivity index (χ2v) is 8.92. The zero-order chi connectivity index (χ0) is 19.7. The Hall–Kier alpha value is -1.55. The van der Waals surface area contributed by atoms with Gasteiger partial charge < -0.3 is 9.47 Å². The van der Waals surface area contributed by atoms with E-state index in [4.69, 9.17) is 0 Å². The number of hydrogen-bond acceptors (Lipinski definition) is 3. The Kier molecular flexibility index (Phi) is 6.06. The second-order valence-electron chi connectivity index (χ2n) is 6.98. The van der Waals surface area contributed by atoms with Gasteiger partial charge >= 0.3 is 6.18 Å². The number of rotatable bonds is 6. The maximum absolute atomic E-state index is 12.8. The van der Waals surface area contributed by atoms with Gasteiger partial charge in [-0.05, 0) is 24.8 Å². The van der Waals surface area contributed by atoms with Gasteiger partial charge in [-0.2, -0.15) is 17.5 Å². The first-order chi connectivity index (χ1) is 11.9. The van der Waals surface area contributed by atoms with Crippen LogP contribution < -0.4 is 0 Å². The molecule has 2 rings (SSSR count). The number of halogens is 3. The highest BCUT2D eigenvalue weighted by atomic mass is 32.2. The molecule has 26 heavy (non-hydrogen) atoms. The Morgan fingerprint density at radius 2 is 1.85 bits per heavy atom. The summed E-state index contributed by atoms with van der Waals surface area (Å²) in [5.41, 5.74) is -0.0762. The Bertz CT molecular complexity index is 751. The SMILES string of the molecule is CC(C)CN(CC(F)(F)F)C(=O)c1cc(S(=O)(=O)N2CCCC2)cn1C. The smallest absolute Gasteiger partial charge is 0.345 e. The molecule has 0 atom stereocenters. The predicted octanol–water partition coefficient (Wildman–Crippen LogP) is 2.47. The largest absolute Gasteiger partial charge is 0.406 e. The van der Waals surface area contributed by atoms with Crippen LogP contribution in [0.25, 0.3) is 0 Å². The highest BCUT2D eigenvalue weighted by Crippen LogP contribution is 2.24. The average Bonchev–Trinajstić information content (AvgIpc) is 3.13. The molecule has 2 heterocycles. The number of amides is 1. The van der Waals surface area contributed by atoms with Gasteiger partial charge in [0.15, 0.2) is 0 Å². The van der Waals surface area contributed by atoms with Crippen molar-refractivity contribution in [1.29, 1.82) is 0 Å². The first kappa shape index (κ1) is 20.8. The Morgan fingerprint density at radius 3 is 2.35 bits per heavy atom. The van der Waals surface area contributed by atoms with Crippen LogP contribution in [-0.4, -0.2) is 60.5 Å². The average molecular weight is 395 g/mol. The van der Waals surface area contributed by atoms with E-state index in [2.05, 4.69) is 0 Å². The number of carbonyl (C=O) groups excluding carboxylic acids is 1. The van der Waals surface area contributed by atoms with E-state index in [1.165, 1.54) is 28.2 Å². The van der Waals surface area contributed by atoms with Crippen molar-refractivity contribution in [3.8, 4) is 0 Å². The molecule has 1 fully saturated rings. The molecule has 10 heteroatoms. The molecule has 1 aromatic heterocycles. The molecule has 0 spiro atoms. The number of alkyl halides is 3. The standard InChI is InChI=1S/C16H24F3N3O3S/c1-12(2)9-21(11-16(17,18)19)15(23)14-8-13(10-20(14)3)26(24,25)22-6-4-5-7-22/h8,10,12H,4-7,9,11H2,1-3H3. The lowest BCUT2D eigenvalue weighted by molar-refractivity contribution is -0.141. The van der Waals surface area contributed by atoms with Crippen LogP contribution in [0.4, 0.5) is 13.2 Å². The number of carbonyl (C=O) groups is 1. The van der Waals surface area contributed by atoms with Gasteiger partial charge in [-0.25, -0.2) is 8.42 Å². The summed E-state index contributed by atoms with van der Waals surface area (Å²) in [4.78, 5) is 13.3. The minimum atomic E-state index is -4.53. The lowest BCUT2D eigenvalue weighted by Crippen LogP contribution is -2.41. The number of sulfonamides is 1. The molecule has 1 aromatic rings. The highest BCUT2D eigenvalue weighted by Gasteiger charge is 2.35. The summed E-state index contributed by atoms with van der Waals surface area (Å²) in [6, 6.07) is 1.17. The topological polar surface area (TPSA) is 62.6 Å². The first-order valence-electron chi connectivity index (χ1n) is 8.44. The van der Waals surface area contributed by atoms with Crippen LogP contribution in [-0.2, 0) is 17.1 Å². The summed E-state index contributed by atoms with van der Waals surface area (Å²) in [7, 11) is -2.28. The van der Waals surface area contributed by atoms with Crippen LogP contribution in [0.3, 0.4) is 0 Å². The maximum Gasteiger partial charge on any atom is 0.406 e. The van der Waals surface area contributed by atoms with Crippen molar-refractivity contribution in [2.75, 3.05) is 26.2 Å². The number of hydrogen-bond donors (Lipinski definition) is 0. The van der Waals surface area contributed by atoms with E-state index in [-0.39, 0.29) is 23.1 Å². The Labute approximate surface area is 151 Å². The number of aromatic nitrogens is 1. The lowest BCUT2D eigenvalue weighted by atomic mass is 10.2. The minimum absolute atomic E-state index is 0.0678. The maximum atomic E-state index is 12.8. The van der Waals surface area contributed by atoms with Crippen molar-refractivity contribution in [3.05, 3.63) is 18.0 Å². The summed E-state index contributed by atoms with van der Waals surface area (Å²) < 4.78 is 66.3. The molecule has 6 nitrogen and oxygen atoms in total. The van der Waals surface area contributed by atoms with E-state index in [9.17, 15) is 26.4 Å². The normalized spacial score (nSPS) is 16.4. The van der Waals surface area contributed by atoms with Crippen LogP contribution in [0.5, 0.6) is 0 Å². The molecule has 0 aromatic carbocycles. The third-order valence-corrected chi connectivity index (χ3v) is 6.01. The van der Waals surface area contributed by atoms with Crippen LogP contribution in [0.1, 0.15) is 37.2 Å². The van der Waals surface area contributed by atoms with Gasteiger partial charge in [-0.1, -0.05) is 13.8 Å². The van der Waals surface area contributed by atoms with Crippen LogP contribution in [0.2, 0.25) is 0 Å². The number of aryl methyl sites for hydroxylation is 1. The third kappa shape index (κ3) is 4.79. The van der Waals surface area contributed by atoms with Gasteiger partial charge in [-0.3, -0.25) is 4.79 Å². The molecule has 1 amide bonds. The molecule has 1 aliphatic rings. The lowest BCUT2D eigenvalue weighted by Gasteiger charge is -2.25. The molecule has 148 valence electrons. The fraction of sp³-hybridized carbons (Fsp3) is 0.688. The summed E-state index contributed by atoms with van der Waals surface area (Å²) in [5.74, 6) is -0.990. The van der Waals surface area contributed by atoms with E-state index in [0.717, 1.165) is 12.8 Å². The summed E-state index contributed by atoms with van der Waals surface area (Å²) in [6.45, 7) is 2.80. The van der Waals surface area contributed by atoms with Crippen molar-refractivity contribution in [3.63, 3.8) is 0 Å². The van der Waals surface area contributed by atoms with Crippen molar-refractivity contribution >= 4 is 15.9 Å². The Balaban J connectivity index is 2.31. The molecule has 0 aliphatic carbocycles. The van der Waals surface area contributed by atoms with Gasteiger partial charge in [0.05, 0.1) is 0 Å². The van der Waals surface area contributed by atoms with Crippen molar-refractivity contribution < 1.29 is 26.4 Å². The van der Waals surface area contributed by atoms with Gasteiger partial charge in [0, 0.05) is 32.9 Å². The fourth-order valence-corrected chi connectivity index (χ4v) is 4.59. The van der Waals surface area contributed by atoms with E-state index in [0.29, 0.717) is 18.0 Å². The van der Waals surface area contributed by atoms with Crippen LogP contribution in [0.15, 0.2) is 17.2 Å². The molecule has 0 N–H and O–H groups in total. The number of nitrogens with zero attached hydrogens (tertiary/aromatic N) is 3. The predicted molar refractivity (Wildman–Crippen MR) is 90.2 cm³/mol. The van der Waals surface area contributed by atoms with Gasteiger partial charge in [-0.15, -0.1) is 0 Å². The molecular formula is C16H24F3N3O3S. The molecule has 0 unspecified atom stereocenters. The molecule has 1 aliphatic heterocycles. The highest BCUT2D eigenvalue weighted by molar-refractivity contribution is 7.89. The van der Waals surface area contributed by atoms with Crippen molar-refractivity contribution in [2.45, 2.75) is 37.8 Å². The minimum Gasteiger partial charge on any atom is -0.345 e. The van der Waals surface area contributed by atoms with Gasteiger partial charge in [0.1, 0.15) is 17.1 Å². The zero-order valence-corrected chi connectivity index (χ0v) is 15.9. The summed E-state index contributed by atoms with van der Waals surface area (Å²) >= 11 is 0. The monoisotopic (exact) mass is 395 g/mol. The summed E-state index contributed by atoms with van der Waals surface area (Å²) in [5, 5.41) is 0. The van der Waals surface area contributed by atoms with Gasteiger partial charge in [0.25, 0.3) is 5.91 Å². The van der Waals surface area contributed by atoms with Crippen molar-refractivity contribution in [2.24, 2.45) is 13.0 Å². The Morgan fingerprint density at radius 1 is 1.27 bits per heavy atom. The van der Waals surface area contributed by atoms with Crippen molar-refractivity contribution in [1.82, 2.24) is 13.8 Å². The first-order valence-corrected chi connectivity index (χ1v) is 9.88.